The van der Waals surface area contributed by atoms with Crippen molar-refractivity contribution in [2.24, 2.45) is 0 Å². The summed E-state index contributed by atoms with van der Waals surface area (Å²) in [6, 6.07) is -5.67. The number of halogens is 1. The van der Waals surface area contributed by atoms with Crippen LogP contribution >= 0.6 is 11.6 Å². The van der Waals surface area contributed by atoms with Gasteiger partial charge in [0, 0.05) is 20.2 Å². The molecular formula is C13H18ClNO. The quantitative estimate of drug-likeness (QED) is 0.831. The summed E-state index contributed by atoms with van der Waals surface area (Å²) in [6.07, 6.45) is 0. The van der Waals surface area contributed by atoms with Gasteiger partial charge in [-0.1, -0.05) is 23.7 Å². The Labute approximate surface area is 113 Å². The van der Waals surface area contributed by atoms with Gasteiger partial charge in [-0.15, -0.1) is 0 Å². The van der Waals surface area contributed by atoms with Gasteiger partial charge in [-0.25, -0.2) is 0 Å². The van der Waals surface area contributed by atoms with E-state index >= 15 is 0 Å². The van der Waals surface area contributed by atoms with Crippen molar-refractivity contribution < 1.29 is 15.8 Å². The van der Waals surface area contributed by atoms with Crippen molar-refractivity contribution in [3.63, 3.8) is 0 Å². The fourth-order valence-corrected chi connectivity index (χ4v) is 1.13. The van der Waals surface area contributed by atoms with Crippen molar-refractivity contribution in [3.05, 3.63) is 34.8 Å². The van der Waals surface area contributed by atoms with Gasteiger partial charge in [0.15, 0.2) is 5.78 Å². The molecule has 0 aliphatic carbocycles. The van der Waals surface area contributed by atoms with Crippen molar-refractivity contribution in [2.45, 2.75) is 39.2 Å². The van der Waals surface area contributed by atoms with E-state index in [-0.39, 0.29) is 0 Å². The number of hydrogen-bond donors (Lipinski definition) is 1. The highest BCUT2D eigenvalue weighted by atomic mass is 35.5. The van der Waals surface area contributed by atoms with Crippen molar-refractivity contribution in [1.82, 2.24) is 5.32 Å². The molecule has 88 valence electrons. The third-order valence-corrected chi connectivity index (χ3v) is 1.74. The molecule has 1 atom stereocenters. The molecule has 16 heavy (non-hydrogen) atoms. The number of hydrogen-bond acceptors (Lipinski definition) is 2. The molecule has 0 aromatic heterocycles. The highest BCUT2D eigenvalue weighted by molar-refractivity contribution is 6.31. The Bertz CT molecular complexity index is 653. The Morgan fingerprint density at radius 3 is 2.88 bits per heavy atom. The van der Waals surface area contributed by atoms with Gasteiger partial charge in [0.1, 0.15) is 0 Å². The van der Waals surface area contributed by atoms with Crippen molar-refractivity contribution >= 4 is 17.4 Å². The van der Waals surface area contributed by atoms with Crippen LogP contribution in [0.15, 0.2) is 24.2 Å². The number of ketones is 1. The monoisotopic (exact) mass is 247 g/mol. The molecule has 0 bridgehead atoms. The Balaban J connectivity index is 3.70. The summed E-state index contributed by atoms with van der Waals surface area (Å²) in [4.78, 5) is 12.8. The first-order chi connectivity index (χ1) is 10.5. The molecule has 1 rings (SSSR count). The van der Waals surface area contributed by atoms with Crippen LogP contribution in [0.25, 0.3) is 0 Å². The fourth-order valence-electron chi connectivity index (χ4n) is 0.991. The fraction of sp³-hybridized carbons (Fsp3) is 0.462. The minimum absolute atomic E-state index is 0.539. The van der Waals surface area contributed by atoms with Crippen molar-refractivity contribution in [1.29, 1.82) is 0 Å². The molecule has 1 N–H and O–H groups in total. The maximum Gasteiger partial charge on any atom is 0.179 e. The normalized spacial score (nSPS) is 23.5. The third-order valence-electron chi connectivity index (χ3n) is 1.55. The molecule has 0 heterocycles. The first-order valence-corrected chi connectivity index (χ1v) is 5.02. The summed E-state index contributed by atoms with van der Waals surface area (Å²) in [6.45, 7) is 1.58. The van der Waals surface area contributed by atoms with Crippen LogP contribution in [0.5, 0.6) is 0 Å². The van der Waals surface area contributed by atoms with Gasteiger partial charge in [-0.3, -0.25) is 4.79 Å². The average Bonchev–Trinajstić information content (AvgIpc) is 2.40. The molecule has 1 unspecified atom stereocenters. The van der Waals surface area contributed by atoms with E-state index in [1.807, 2.05) is 0 Å². The molecule has 0 aliphatic rings. The zero-order chi connectivity index (χ0) is 19.2. The van der Waals surface area contributed by atoms with Gasteiger partial charge < -0.3 is 5.32 Å². The van der Waals surface area contributed by atoms with Gasteiger partial charge in [-0.2, -0.15) is 0 Å². The highest BCUT2D eigenvalue weighted by Crippen LogP contribution is 2.13. The largest absolute Gasteiger partial charge is 0.303 e. The zero-order valence-electron chi connectivity index (χ0n) is 17.3. The Hall–Kier alpha value is -0.860. The second kappa shape index (κ2) is 4.98. The predicted molar refractivity (Wildman–Crippen MR) is 68.1 cm³/mol. The van der Waals surface area contributed by atoms with Gasteiger partial charge in [0.2, 0.25) is 0 Å². The topological polar surface area (TPSA) is 29.1 Å². The standard InChI is InChI=1S/C13H18ClNO/c1-9(15-13(2,3)4)12(16)10-6-5-7-11(14)8-10/h5-9,15H,1-4H3/i1D3,5D,6D,7D,8D,9D. The van der Waals surface area contributed by atoms with Gasteiger partial charge in [0.25, 0.3) is 0 Å². The molecule has 0 spiro atoms. The lowest BCUT2D eigenvalue weighted by Gasteiger charge is -2.25. The van der Waals surface area contributed by atoms with E-state index in [1.165, 1.54) is 0 Å². The summed E-state index contributed by atoms with van der Waals surface area (Å²) >= 11 is 5.75. The predicted octanol–water partition coefficient (Wildman–Crippen LogP) is 3.30. The summed E-state index contributed by atoms with van der Waals surface area (Å²) < 4.78 is 61.7. The Kier molecular flexibility index (Phi) is 1.76. The van der Waals surface area contributed by atoms with Crippen LogP contribution in [0.1, 0.15) is 48.9 Å². The van der Waals surface area contributed by atoms with Gasteiger partial charge in [0.05, 0.1) is 12.9 Å². The maximum atomic E-state index is 12.8. The number of carbonyl (C=O) groups excluding carboxylic acids is 1. The molecule has 0 saturated carbocycles. The second-order valence-electron chi connectivity index (χ2n) is 4.27. The highest BCUT2D eigenvalue weighted by Gasteiger charge is 2.20. The van der Waals surface area contributed by atoms with E-state index in [4.69, 9.17) is 22.6 Å². The van der Waals surface area contributed by atoms with E-state index in [2.05, 4.69) is 5.32 Å². The van der Waals surface area contributed by atoms with Crippen LogP contribution in [0.2, 0.25) is 5.02 Å². The first kappa shape index (κ1) is 5.65. The molecule has 0 amide bonds. The molecule has 1 aromatic rings. The maximum absolute atomic E-state index is 12.8. The molecule has 3 heteroatoms. The van der Waals surface area contributed by atoms with E-state index in [1.54, 1.807) is 20.8 Å². The molecule has 0 saturated heterocycles. The van der Waals surface area contributed by atoms with Crippen LogP contribution in [-0.4, -0.2) is 17.3 Å². The van der Waals surface area contributed by atoms with Crippen molar-refractivity contribution in [2.75, 3.05) is 0 Å². The second-order valence-corrected chi connectivity index (χ2v) is 4.65. The lowest BCUT2D eigenvalue weighted by molar-refractivity contribution is 0.0936. The number of carbonyl (C=O) groups is 1. The molecule has 0 radical (unpaired) electrons. The smallest absolute Gasteiger partial charge is 0.179 e. The van der Waals surface area contributed by atoms with Crippen LogP contribution in [0.4, 0.5) is 0 Å². The minimum atomic E-state index is -3.11. The van der Waals surface area contributed by atoms with E-state index in [0.717, 1.165) is 0 Å². The lowest BCUT2D eigenvalue weighted by Crippen LogP contribution is -2.46. The van der Waals surface area contributed by atoms with Crippen molar-refractivity contribution in [3.8, 4) is 0 Å². The van der Waals surface area contributed by atoms with E-state index < -0.39 is 58.9 Å². The molecule has 0 aliphatic heterocycles. The summed E-state index contributed by atoms with van der Waals surface area (Å²) in [5.74, 6) is -1.36. The van der Waals surface area contributed by atoms with Gasteiger partial charge in [-0.05, 0) is 39.7 Å². The third kappa shape index (κ3) is 3.95. The Morgan fingerprint density at radius 2 is 2.31 bits per heavy atom. The molecular weight excluding hydrogens is 222 g/mol. The van der Waals surface area contributed by atoms with Crippen LogP contribution in [-0.2, 0) is 0 Å². The average molecular weight is 248 g/mol. The molecule has 0 fully saturated rings. The number of Topliss-reactive ketones (excluding diaryl/α,β-unsaturated/α-hetero) is 1. The lowest BCUT2D eigenvalue weighted by atomic mass is 10.0. The van der Waals surface area contributed by atoms with Crippen LogP contribution in [0, 0.1) is 0 Å². The Morgan fingerprint density at radius 1 is 1.62 bits per heavy atom. The van der Waals surface area contributed by atoms with E-state index in [9.17, 15) is 4.79 Å². The number of benzene rings is 1. The van der Waals surface area contributed by atoms with Crippen LogP contribution < -0.4 is 5.32 Å². The van der Waals surface area contributed by atoms with Gasteiger partial charge >= 0.3 is 0 Å². The summed E-state index contributed by atoms with van der Waals surface area (Å²) in [5.41, 5.74) is -1.69. The number of nitrogens with one attached hydrogen (secondary N) is 1. The SMILES string of the molecule is [2H]c1c([2H])c(Cl)c([2H])c(C(=O)C([2H])(NC(C)(C)C)C([2H])([2H])[2H])c1[2H]. The van der Waals surface area contributed by atoms with Crippen LogP contribution in [0.3, 0.4) is 0 Å². The zero-order valence-corrected chi connectivity index (χ0v) is 10.0. The van der Waals surface area contributed by atoms with E-state index in [0.29, 0.717) is 0 Å². The summed E-state index contributed by atoms with van der Waals surface area (Å²) in [7, 11) is 0. The summed E-state index contributed by atoms with van der Waals surface area (Å²) in [5, 5.41) is 1.88. The number of rotatable bonds is 3. The first-order valence-electron chi connectivity index (χ1n) is 8.64. The molecule has 2 nitrogen and oxygen atoms in total. The minimum Gasteiger partial charge on any atom is -0.303 e. The molecule has 1 aromatic carbocycles.